The van der Waals surface area contributed by atoms with Crippen LogP contribution in [0, 0.1) is 0 Å². The summed E-state index contributed by atoms with van der Waals surface area (Å²) in [6, 6.07) is 0.296. The van der Waals surface area contributed by atoms with Crippen LogP contribution in [0.1, 0.15) is 40.0 Å². The minimum absolute atomic E-state index is 0.240. The average Bonchev–Trinajstić information content (AvgIpc) is 2.77. The van der Waals surface area contributed by atoms with Crippen LogP contribution >= 0.6 is 11.6 Å². The molecule has 0 bridgehead atoms. The predicted octanol–water partition coefficient (Wildman–Crippen LogP) is 3.12. The van der Waals surface area contributed by atoms with Gasteiger partial charge in [-0.2, -0.15) is 0 Å². The summed E-state index contributed by atoms with van der Waals surface area (Å²) in [6.45, 7) is 8.46. The molecular weight excluding hydrogens is 344 g/mol. The third-order valence-electron chi connectivity index (χ3n) is 4.36. The predicted molar refractivity (Wildman–Crippen MR) is 95.3 cm³/mol. The van der Waals surface area contributed by atoms with Gasteiger partial charge in [0.25, 0.3) is 0 Å². The Labute approximate surface area is 153 Å². The van der Waals surface area contributed by atoms with E-state index in [9.17, 15) is 4.79 Å². The van der Waals surface area contributed by atoms with Gasteiger partial charge in [-0.25, -0.2) is 14.8 Å². The van der Waals surface area contributed by atoms with Crippen molar-refractivity contribution in [1.29, 1.82) is 0 Å². The van der Waals surface area contributed by atoms with Gasteiger partial charge >= 0.3 is 6.09 Å². The van der Waals surface area contributed by atoms with Crippen molar-refractivity contribution in [2.24, 2.45) is 0 Å². The van der Waals surface area contributed by atoms with Crippen molar-refractivity contribution < 1.29 is 14.3 Å². The van der Waals surface area contributed by atoms with Gasteiger partial charge in [-0.1, -0.05) is 11.6 Å². The van der Waals surface area contributed by atoms with Crippen molar-refractivity contribution in [3.63, 3.8) is 0 Å². The van der Waals surface area contributed by atoms with Crippen LogP contribution < -0.4 is 9.64 Å². The van der Waals surface area contributed by atoms with E-state index in [0.29, 0.717) is 36.6 Å². The van der Waals surface area contributed by atoms with Gasteiger partial charge in [0, 0.05) is 25.7 Å². The molecule has 0 aromatic carbocycles. The third-order valence-corrected chi connectivity index (χ3v) is 4.63. The first-order valence-corrected chi connectivity index (χ1v) is 9.11. The number of aromatic nitrogens is 2. The van der Waals surface area contributed by atoms with Crippen LogP contribution in [0.2, 0.25) is 5.15 Å². The number of nitrogens with zero attached hydrogens (tertiary/aromatic N) is 4. The van der Waals surface area contributed by atoms with Crippen LogP contribution in [-0.4, -0.2) is 58.8 Å². The maximum Gasteiger partial charge on any atom is 0.410 e. The molecule has 2 aliphatic heterocycles. The molecule has 8 heteroatoms. The molecule has 1 fully saturated rings. The molecule has 25 heavy (non-hydrogen) atoms. The zero-order valence-corrected chi connectivity index (χ0v) is 15.8. The zero-order chi connectivity index (χ0) is 18.0. The smallest absolute Gasteiger partial charge is 0.410 e. The molecule has 0 aliphatic carbocycles. The fourth-order valence-corrected chi connectivity index (χ4v) is 3.41. The number of hydrogen-bond acceptors (Lipinski definition) is 6. The van der Waals surface area contributed by atoms with Crippen molar-refractivity contribution in [2.75, 3.05) is 31.1 Å². The average molecular weight is 369 g/mol. The fraction of sp³-hybridized carbons (Fsp3) is 0.706. The molecule has 3 heterocycles. The molecule has 0 unspecified atom stereocenters. The van der Waals surface area contributed by atoms with Gasteiger partial charge in [0.1, 0.15) is 11.9 Å². The number of likely N-dealkylation sites (tertiary alicyclic amines) is 1. The Hall–Kier alpha value is -1.76. The third kappa shape index (κ3) is 4.26. The van der Waals surface area contributed by atoms with Gasteiger partial charge < -0.3 is 19.3 Å². The van der Waals surface area contributed by atoms with Gasteiger partial charge in [-0.3, -0.25) is 0 Å². The Bertz CT molecular complexity index is 627. The number of ether oxygens (including phenoxy) is 2. The van der Waals surface area contributed by atoms with Crippen LogP contribution in [-0.2, 0) is 4.74 Å². The molecular formula is C17H25ClN4O3. The molecule has 2 aliphatic rings. The second-order valence-electron chi connectivity index (χ2n) is 7.41. The second kappa shape index (κ2) is 7.23. The molecule has 0 N–H and O–H groups in total. The fourth-order valence-electron chi connectivity index (χ4n) is 3.23. The van der Waals surface area contributed by atoms with Gasteiger partial charge in [-0.15, -0.1) is 0 Å². The number of amides is 1. The number of rotatable bonds is 1. The summed E-state index contributed by atoms with van der Waals surface area (Å²) >= 11 is 6.17. The monoisotopic (exact) mass is 368 g/mol. The summed E-state index contributed by atoms with van der Waals surface area (Å²) in [7, 11) is 0. The lowest BCUT2D eigenvalue weighted by atomic mass is 10.0. The molecule has 0 atom stereocenters. The maximum absolute atomic E-state index is 12.2. The van der Waals surface area contributed by atoms with E-state index in [1.807, 2.05) is 20.8 Å². The van der Waals surface area contributed by atoms with Gasteiger partial charge in [0.15, 0.2) is 16.7 Å². The van der Waals surface area contributed by atoms with Gasteiger partial charge in [0.2, 0.25) is 0 Å². The molecule has 1 saturated heterocycles. The summed E-state index contributed by atoms with van der Waals surface area (Å²) in [5.74, 6) is 1.32. The number of hydrogen-bond donors (Lipinski definition) is 0. The lowest BCUT2D eigenvalue weighted by Crippen LogP contribution is -2.48. The number of fused-ring (bicyclic) bond motifs is 1. The Balaban J connectivity index is 1.67. The van der Waals surface area contributed by atoms with Crippen molar-refractivity contribution in [1.82, 2.24) is 14.9 Å². The summed E-state index contributed by atoms with van der Waals surface area (Å²) in [4.78, 5) is 24.7. The SMILES string of the molecule is CC(C)(C)OC(=O)N1CCC(N2CCCOc3c(Cl)ncnc32)CC1. The molecule has 138 valence electrons. The maximum atomic E-state index is 12.2. The summed E-state index contributed by atoms with van der Waals surface area (Å²) < 4.78 is 11.2. The second-order valence-corrected chi connectivity index (χ2v) is 7.77. The van der Waals surface area contributed by atoms with Crippen LogP contribution in [0.3, 0.4) is 0 Å². The van der Waals surface area contributed by atoms with Crippen molar-refractivity contribution in [3.05, 3.63) is 11.5 Å². The molecule has 3 rings (SSSR count). The van der Waals surface area contributed by atoms with Gasteiger partial charge in [-0.05, 0) is 40.0 Å². The molecule has 0 saturated carbocycles. The summed E-state index contributed by atoms with van der Waals surface area (Å²) in [6.07, 6.45) is 3.86. The van der Waals surface area contributed by atoms with E-state index in [-0.39, 0.29) is 6.09 Å². The zero-order valence-electron chi connectivity index (χ0n) is 15.0. The molecule has 0 radical (unpaired) electrons. The standard InChI is InChI=1S/C17H25ClN4O3/c1-17(2,3)25-16(23)21-8-5-12(6-9-21)22-7-4-10-24-13-14(18)19-11-20-15(13)22/h11-12H,4-10H2,1-3H3. The largest absolute Gasteiger partial charge is 0.487 e. The number of carbonyl (C=O) groups excluding carboxylic acids is 1. The topological polar surface area (TPSA) is 67.8 Å². The molecule has 1 aromatic rings. The van der Waals surface area contributed by atoms with E-state index < -0.39 is 5.60 Å². The minimum atomic E-state index is -0.470. The Morgan fingerprint density at radius 1 is 1.28 bits per heavy atom. The van der Waals surface area contributed by atoms with E-state index >= 15 is 0 Å². The number of halogens is 1. The lowest BCUT2D eigenvalue weighted by Gasteiger charge is -2.39. The van der Waals surface area contributed by atoms with Crippen LogP contribution in [0.5, 0.6) is 5.75 Å². The molecule has 7 nitrogen and oxygen atoms in total. The number of carbonyl (C=O) groups is 1. The molecule has 1 aromatic heterocycles. The van der Waals surface area contributed by atoms with Crippen LogP contribution in [0.15, 0.2) is 6.33 Å². The Morgan fingerprint density at radius 3 is 2.68 bits per heavy atom. The molecule has 0 spiro atoms. The van der Waals surface area contributed by atoms with Crippen LogP contribution in [0.25, 0.3) is 0 Å². The quantitative estimate of drug-likeness (QED) is 0.709. The highest BCUT2D eigenvalue weighted by molar-refractivity contribution is 6.31. The van der Waals surface area contributed by atoms with E-state index in [2.05, 4.69) is 14.9 Å². The normalized spacial score (nSPS) is 19.0. The molecule has 1 amide bonds. The van der Waals surface area contributed by atoms with E-state index in [4.69, 9.17) is 21.1 Å². The van der Waals surface area contributed by atoms with Gasteiger partial charge in [0.05, 0.1) is 6.61 Å². The number of anilines is 1. The first kappa shape index (κ1) is 18.0. The van der Waals surface area contributed by atoms with E-state index in [0.717, 1.165) is 31.6 Å². The van der Waals surface area contributed by atoms with E-state index in [1.165, 1.54) is 6.33 Å². The van der Waals surface area contributed by atoms with E-state index in [1.54, 1.807) is 4.90 Å². The Kier molecular flexibility index (Phi) is 5.22. The van der Waals surface area contributed by atoms with Crippen LogP contribution in [0.4, 0.5) is 10.6 Å². The first-order valence-electron chi connectivity index (χ1n) is 8.73. The first-order chi connectivity index (χ1) is 11.8. The highest BCUT2D eigenvalue weighted by Crippen LogP contribution is 2.36. The number of piperidine rings is 1. The highest BCUT2D eigenvalue weighted by atomic mass is 35.5. The van der Waals surface area contributed by atoms with Crippen molar-refractivity contribution in [2.45, 2.75) is 51.7 Å². The summed E-state index contributed by atoms with van der Waals surface area (Å²) in [5.41, 5.74) is -0.470. The highest BCUT2D eigenvalue weighted by Gasteiger charge is 2.32. The Morgan fingerprint density at radius 2 is 2.00 bits per heavy atom. The lowest BCUT2D eigenvalue weighted by molar-refractivity contribution is 0.0204. The van der Waals surface area contributed by atoms with Crippen molar-refractivity contribution in [3.8, 4) is 5.75 Å². The summed E-state index contributed by atoms with van der Waals surface area (Å²) in [5, 5.41) is 0.350. The van der Waals surface area contributed by atoms with Crippen molar-refractivity contribution >= 4 is 23.5 Å². The minimum Gasteiger partial charge on any atom is -0.487 e.